The highest BCUT2D eigenvalue weighted by Gasteiger charge is 2.25. The topological polar surface area (TPSA) is 72.2 Å². The Balaban J connectivity index is 4.66. The molecule has 0 bridgehead atoms. The van der Waals surface area contributed by atoms with Crippen molar-refractivity contribution in [2.45, 2.75) is 25.1 Å². The molecular weight excluding hydrogens is 176 g/mol. The highest BCUT2D eigenvalue weighted by atomic mass is 32.2. The number of sulfone groups is 1. The second-order valence-corrected chi connectivity index (χ2v) is 5.43. The molecule has 0 radical (unpaired) electrons. The lowest BCUT2D eigenvalue weighted by molar-refractivity contribution is 0.538. The van der Waals surface area contributed by atoms with Gasteiger partial charge in [0, 0.05) is 6.26 Å². The van der Waals surface area contributed by atoms with Crippen LogP contribution in [-0.4, -0.2) is 26.0 Å². The van der Waals surface area contributed by atoms with Gasteiger partial charge in [0.1, 0.15) is 0 Å². The van der Waals surface area contributed by atoms with E-state index in [0.29, 0.717) is 0 Å². The molecule has 5 heteroatoms. The van der Waals surface area contributed by atoms with E-state index in [4.69, 9.17) is 5.84 Å². The van der Waals surface area contributed by atoms with E-state index in [2.05, 4.69) is 12.0 Å². The van der Waals surface area contributed by atoms with Crippen molar-refractivity contribution in [2.24, 2.45) is 5.84 Å². The van der Waals surface area contributed by atoms with Crippen molar-refractivity contribution in [3.8, 4) is 0 Å². The first kappa shape index (κ1) is 11.6. The monoisotopic (exact) mass is 192 g/mol. The molecule has 72 valence electrons. The third kappa shape index (κ3) is 2.92. The van der Waals surface area contributed by atoms with Crippen molar-refractivity contribution in [1.29, 1.82) is 0 Å². The van der Waals surface area contributed by atoms with Crippen LogP contribution in [-0.2, 0) is 9.84 Å². The first-order chi connectivity index (χ1) is 5.30. The maximum absolute atomic E-state index is 11.1. The molecule has 12 heavy (non-hydrogen) atoms. The minimum Gasteiger partial charge on any atom is -0.271 e. The zero-order chi connectivity index (χ0) is 9.94. The van der Waals surface area contributed by atoms with Gasteiger partial charge in [0.2, 0.25) is 0 Å². The predicted molar refractivity (Wildman–Crippen MR) is 50.2 cm³/mol. The first-order valence-corrected chi connectivity index (χ1v) is 5.56. The highest BCUT2D eigenvalue weighted by molar-refractivity contribution is 7.91. The molecule has 0 spiro atoms. The summed E-state index contributed by atoms with van der Waals surface area (Å²) in [5.74, 6) is 5.20. The van der Waals surface area contributed by atoms with Gasteiger partial charge in [0.25, 0.3) is 0 Å². The van der Waals surface area contributed by atoms with Gasteiger partial charge in [-0.3, -0.25) is 11.3 Å². The van der Waals surface area contributed by atoms with Gasteiger partial charge < -0.3 is 0 Å². The van der Waals surface area contributed by atoms with Crippen LogP contribution in [0.2, 0.25) is 0 Å². The first-order valence-electron chi connectivity index (χ1n) is 3.61. The Bertz CT molecular complexity index is 259. The second kappa shape index (κ2) is 4.02. The Morgan fingerprint density at radius 3 is 2.08 bits per heavy atom. The predicted octanol–water partition coefficient (Wildman–Crippen LogP) is -0.172. The van der Waals surface area contributed by atoms with Crippen molar-refractivity contribution >= 4 is 9.84 Å². The summed E-state index contributed by atoms with van der Waals surface area (Å²) in [6.07, 6.45) is 1.19. The smallest absolute Gasteiger partial charge is 0.151 e. The van der Waals surface area contributed by atoms with Crippen LogP contribution in [0.5, 0.6) is 0 Å². The van der Waals surface area contributed by atoms with E-state index >= 15 is 0 Å². The Morgan fingerprint density at radius 2 is 2.00 bits per heavy atom. The SMILES string of the molecule is C=C(C)C(NN)C(C)S(C)(=O)=O. The molecule has 0 saturated carbocycles. The molecule has 4 nitrogen and oxygen atoms in total. The molecule has 3 N–H and O–H groups in total. The van der Waals surface area contributed by atoms with Crippen LogP contribution < -0.4 is 11.3 Å². The van der Waals surface area contributed by atoms with Crippen LogP contribution in [0, 0.1) is 0 Å². The quantitative estimate of drug-likeness (QED) is 0.368. The number of nitrogens with one attached hydrogen (secondary N) is 1. The average molecular weight is 192 g/mol. The number of nitrogens with two attached hydrogens (primary N) is 1. The zero-order valence-corrected chi connectivity index (χ0v) is 8.48. The molecule has 2 unspecified atom stereocenters. The molecule has 0 fully saturated rings. The molecule has 0 rings (SSSR count). The molecule has 0 aliphatic rings. The van der Waals surface area contributed by atoms with E-state index in [1.165, 1.54) is 6.26 Å². The summed E-state index contributed by atoms with van der Waals surface area (Å²) in [6.45, 7) is 7.00. The average Bonchev–Trinajstić information content (AvgIpc) is 1.86. The van der Waals surface area contributed by atoms with E-state index in [9.17, 15) is 8.42 Å². The molecule has 0 aromatic rings. The molecule has 0 aromatic heterocycles. The van der Waals surface area contributed by atoms with Gasteiger partial charge in [0.15, 0.2) is 9.84 Å². The van der Waals surface area contributed by atoms with Crippen molar-refractivity contribution in [2.75, 3.05) is 6.26 Å². The number of hydrogen-bond acceptors (Lipinski definition) is 4. The van der Waals surface area contributed by atoms with Gasteiger partial charge in [-0.15, -0.1) is 0 Å². The molecule has 2 atom stereocenters. The van der Waals surface area contributed by atoms with E-state index in [1.54, 1.807) is 13.8 Å². The fourth-order valence-corrected chi connectivity index (χ4v) is 1.73. The lowest BCUT2D eigenvalue weighted by atomic mass is 10.1. The lowest BCUT2D eigenvalue weighted by Crippen LogP contribution is -2.46. The molecular formula is C7H16N2O2S. The summed E-state index contributed by atoms with van der Waals surface area (Å²) in [6, 6.07) is -0.375. The number of rotatable bonds is 4. The van der Waals surface area contributed by atoms with Crippen LogP contribution >= 0.6 is 0 Å². The van der Waals surface area contributed by atoms with Crippen molar-refractivity contribution < 1.29 is 8.42 Å². The second-order valence-electron chi connectivity index (χ2n) is 3.03. The van der Waals surface area contributed by atoms with Gasteiger partial charge in [-0.2, -0.15) is 0 Å². The normalized spacial score (nSPS) is 17.0. The molecule has 0 aliphatic heterocycles. The zero-order valence-electron chi connectivity index (χ0n) is 7.66. The third-order valence-electron chi connectivity index (χ3n) is 1.86. The minimum absolute atomic E-state index is 0.375. The Labute approximate surface area is 73.7 Å². The van der Waals surface area contributed by atoms with Crippen molar-refractivity contribution in [3.63, 3.8) is 0 Å². The van der Waals surface area contributed by atoms with E-state index in [0.717, 1.165) is 5.57 Å². The molecule has 0 heterocycles. The standard InChI is InChI=1S/C7H16N2O2S/c1-5(2)7(9-8)6(3)12(4,10)11/h6-7,9H,1,8H2,2-4H3. The van der Waals surface area contributed by atoms with Crippen LogP contribution in [0.4, 0.5) is 0 Å². The fraction of sp³-hybridized carbons (Fsp3) is 0.714. The van der Waals surface area contributed by atoms with E-state index in [-0.39, 0.29) is 6.04 Å². The van der Waals surface area contributed by atoms with Crippen LogP contribution in [0.15, 0.2) is 12.2 Å². The van der Waals surface area contributed by atoms with Crippen LogP contribution in [0.1, 0.15) is 13.8 Å². The van der Waals surface area contributed by atoms with Crippen LogP contribution in [0.25, 0.3) is 0 Å². The lowest BCUT2D eigenvalue weighted by Gasteiger charge is -2.21. The maximum atomic E-state index is 11.1. The Hall–Kier alpha value is -0.390. The molecule has 0 saturated heterocycles. The Kier molecular flexibility index (Phi) is 3.89. The van der Waals surface area contributed by atoms with E-state index in [1.807, 2.05) is 0 Å². The fourth-order valence-electron chi connectivity index (χ4n) is 0.926. The summed E-state index contributed by atoms with van der Waals surface area (Å²) < 4.78 is 22.2. The summed E-state index contributed by atoms with van der Waals surface area (Å²) in [5, 5.41) is -0.542. The Morgan fingerprint density at radius 1 is 1.58 bits per heavy atom. The van der Waals surface area contributed by atoms with Crippen molar-refractivity contribution in [3.05, 3.63) is 12.2 Å². The summed E-state index contributed by atoms with van der Waals surface area (Å²) in [5.41, 5.74) is 3.15. The van der Waals surface area contributed by atoms with Gasteiger partial charge >= 0.3 is 0 Å². The minimum atomic E-state index is -3.06. The van der Waals surface area contributed by atoms with Crippen LogP contribution in [0.3, 0.4) is 0 Å². The summed E-state index contributed by atoms with van der Waals surface area (Å²) in [7, 11) is -3.06. The third-order valence-corrected chi connectivity index (χ3v) is 3.48. The number of hydrazine groups is 1. The van der Waals surface area contributed by atoms with Gasteiger partial charge in [-0.25, -0.2) is 8.42 Å². The van der Waals surface area contributed by atoms with Gasteiger partial charge in [-0.05, 0) is 13.8 Å². The highest BCUT2D eigenvalue weighted by Crippen LogP contribution is 2.09. The molecule has 0 amide bonds. The number of hydrogen-bond donors (Lipinski definition) is 2. The molecule has 0 aliphatic carbocycles. The van der Waals surface area contributed by atoms with Gasteiger partial charge in [-0.1, -0.05) is 12.2 Å². The summed E-state index contributed by atoms with van der Waals surface area (Å²) in [4.78, 5) is 0. The van der Waals surface area contributed by atoms with Crippen molar-refractivity contribution in [1.82, 2.24) is 5.43 Å². The summed E-state index contributed by atoms with van der Waals surface area (Å²) >= 11 is 0. The molecule has 0 aromatic carbocycles. The maximum Gasteiger partial charge on any atom is 0.151 e. The van der Waals surface area contributed by atoms with Gasteiger partial charge in [0.05, 0.1) is 11.3 Å². The largest absolute Gasteiger partial charge is 0.271 e. The van der Waals surface area contributed by atoms with E-state index < -0.39 is 15.1 Å².